The van der Waals surface area contributed by atoms with Gasteiger partial charge in [0, 0.05) is 50.1 Å². The Morgan fingerprint density at radius 2 is 1.96 bits per heavy atom. The van der Waals surface area contributed by atoms with Crippen LogP contribution >= 0.6 is 11.3 Å². The van der Waals surface area contributed by atoms with Gasteiger partial charge in [0.2, 0.25) is 5.91 Å². The Bertz CT molecular complexity index is 946. The molecule has 1 fully saturated rings. The zero-order valence-corrected chi connectivity index (χ0v) is 17.2. The first-order chi connectivity index (χ1) is 13.7. The molecule has 146 valence electrons. The lowest BCUT2D eigenvalue weighted by Crippen LogP contribution is -2.42. The quantitative estimate of drug-likeness (QED) is 0.657. The smallest absolute Gasteiger partial charge is 0.225 e. The summed E-state index contributed by atoms with van der Waals surface area (Å²) in [6, 6.07) is 7.96. The fourth-order valence-electron chi connectivity index (χ4n) is 3.73. The van der Waals surface area contributed by atoms with E-state index in [-0.39, 0.29) is 5.92 Å². The number of anilines is 1. The third-order valence-electron chi connectivity index (χ3n) is 5.39. The summed E-state index contributed by atoms with van der Waals surface area (Å²) >= 11 is 1.63. The van der Waals surface area contributed by atoms with Crippen LogP contribution in [-0.2, 0) is 4.79 Å². The summed E-state index contributed by atoms with van der Waals surface area (Å²) in [7, 11) is 0. The Kier molecular flexibility index (Phi) is 5.52. The van der Waals surface area contributed by atoms with Gasteiger partial charge in [-0.2, -0.15) is 0 Å². The van der Waals surface area contributed by atoms with Crippen molar-refractivity contribution in [2.45, 2.75) is 26.7 Å². The van der Waals surface area contributed by atoms with E-state index in [4.69, 9.17) is 9.97 Å². The number of hydrogen-bond acceptors (Lipinski definition) is 6. The number of carbonyl (C=O) groups excluding carboxylic acids is 1. The van der Waals surface area contributed by atoms with Crippen LogP contribution < -0.4 is 4.90 Å². The van der Waals surface area contributed by atoms with Crippen molar-refractivity contribution in [3.05, 3.63) is 36.7 Å². The third-order valence-corrected chi connectivity index (χ3v) is 6.42. The van der Waals surface area contributed by atoms with Gasteiger partial charge in [0.05, 0.1) is 5.69 Å². The van der Waals surface area contributed by atoms with E-state index in [0.717, 1.165) is 65.8 Å². The number of thiazole rings is 1. The van der Waals surface area contributed by atoms with Gasteiger partial charge in [-0.25, -0.2) is 9.97 Å². The second-order valence-electron chi connectivity index (χ2n) is 7.03. The summed E-state index contributed by atoms with van der Waals surface area (Å²) < 4.78 is 0. The van der Waals surface area contributed by atoms with Crippen molar-refractivity contribution in [1.82, 2.24) is 19.9 Å². The molecule has 7 heteroatoms. The number of piperidine rings is 1. The summed E-state index contributed by atoms with van der Waals surface area (Å²) in [5.74, 6) is 0.442. The standard InChI is InChI=1S/C21H25N5OS/c1-3-25(4-2)20(27)15-9-12-26(13-10-15)21-24-18-8-7-17(23-19(18)28-21)16-6-5-11-22-14-16/h5-8,11,14-15H,3-4,9-10,12-13H2,1-2H3. The minimum Gasteiger partial charge on any atom is -0.348 e. The topological polar surface area (TPSA) is 62.2 Å². The summed E-state index contributed by atoms with van der Waals surface area (Å²) in [4.78, 5) is 31.5. The molecule has 1 amide bonds. The van der Waals surface area contributed by atoms with Crippen molar-refractivity contribution >= 4 is 32.7 Å². The lowest BCUT2D eigenvalue weighted by molar-refractivity contribution is -0.135. The van der Waals surface area contributed by atoms with Gasteiger partial charge in [-0.1, -0.05) is 11.3 Å². The highest BCUT2D eigenvalue weighted by Gasteiger charge is 2.28. The van der Waals surface area contributed by atoms with Crippen molar-refractivity contribution in [2.75, 3.05) is 31.1 Å². The predicted octanol–water partition coefficient (Wildman–Crippen LogP) is 3.84. The molecule has 0 aliphatic carbocycles. The largest absolute Gasteiger partial charge is 0.348 e. The molecule has 4 rings (SSSR count). The first-order valence-electron chi connectivity index (χ1n) is 9.91. The van der Waals surface area contributed by atoms with E-state index in [1.807, 2.05) is 49.2 Å². The van der Waals surface area contributed by atoms with Crippen molar-refractivity contribution < 1.29 is 4.79 Å². The Hall–Kier alpha value is -2.54. The number of fused-ring (bicyclic) bond motifs is 1. The van der Waals surface area contributed by atoms with Gasteiger partial charge in [-0.15, -0.1) is 0 Å². The summed E-state index contributed by atoms with van der Waals surface area (Å²) in [5, 5.41) is 1.000. The van der Waals surface area contributed by atoms with Crippen molar-refractivity contribution in [2.24, 2.45) is 5.92 Å². The Balaban J connectivity index is 1.48. The number of pyridine rings is 2. The van der Waals surface area contributed by atoms with Crippen LogP contribution in [0, 0.1) is 5.92 Å². The summed E-state index contributed by atoms with van der Waals surface area (Å²) in [6.45, 7) is 7.41. The highest BCUT2D eigenvalue weighted by Crippen LogP contribution is 2.32. The molecule has 1 aliphatic heterocycles. The van der Waals surface area contributed by atoms with Crippen LogP contribution in [0.25, 0.3) is 21.6 Å². The second kappa shape index (κ2) is 8.22. The number of rotatable bonds is 5. The Morgan fingerprint density at radius 1 is 1.18 bits per heavy atom. The van der Waals surface area contributed by atoms with Gasteiger partial charge < -0.3 is 9.80 Å². The molecule has 0 unspecified atom stereocenters. The van der Waals surface area contributed by atoms with E-state index in [1.165, 1.54) is 0 Å². The van der Waals surface area contributed by atoms with Gasteiger partial charge in [0.1, 0.15) is 10.3 Å². The molecule has 6 nitrogen and oxygen atoms in total. The van der Waals surface area contributed by atoms with E-state index in [9.17, 15) is 4.79 Å². The number of amides is 1. The first-order valence-corrected chi connectivity index (χ1v) is 10.7. The molecule has 0 N–H and O–H groups in total. The molecule has 1 saturated heterocycles. The van der Waals surface area contributed by atoms with Gasteiger partial charge in [-0.3, -0.25) is 9.78 Å². The van der Waals surface area contributed by atoms with E-state index >= 15 is 0 Å². The molecule has 28 heavy (non-hydrogen) atoms. The third kappa shape index (κ3) is 3.71. The van der Waals surface area contributed by atoms with Crippen LogP contribution in [0.3, 0.4) is 0 Å². The first kappa shape index (κ1) is 18.8. The molecular weight excluding hydrogens is 370 g/mol. The fraction of sp³-hybridized carbons (Fsp3) is 0.429. The number of carbonyl (C=O) groups is 1. The maximum atomic E-state index is 12.6. The van der Waals surface area contributed by atoms with Crippen molar-refractivity contribution in [3.8, 4) is 11.3 Å². The number of aromatic nitrogens is 3. The Labute approximate surface area is 169 Å². The van der Waals surface area contributed by atoms with E-state index in [2.05, 4.69) is 9.88 Å². The molecule has 0 atom stereocenters. The monoisotopic (exact) mass is 395 g/mol. The lowest BCUT2D eigenvalue weighted by atomic mass is 9.95. The molecule has 3 aromatic rings. The maximum Gasteiger partial charge on any atom is 0.225 e. The van der Waals surface area contributed by atoms with Crippen LogP contribution in [0.15, 0.2) is 36.7 Å². The molecule has 0 radical (unpaired) electrons. The van der Waals surface area contributed by atoms with E-state index < -0.39 is 0 Å². The van der Waals surface area contributed by atoms with Crippen LogP contribution in [0.2, 0.25) is 0 Å². The van der Waals surface area contributed by atoms with Crippen molar-refractivity contribution in [3.63, 3.8) is 0 Å². The molecule has 0 spiro atoms. The van der Waals surface area contributed by atoms with Gasteiger partial charge in [0.15, 0.2) is 5.13 Å². The van der Waals surface area contributed by atoms with Gasteiger partial charge in [0.25, 0.3) is 0 Å². The van der Waals surface area contributed by atoms with Crippen molar-refractivity contribution in [1.29, 1.82) is 0 Å². The SMILES string of the molecule is CCN(CC)C(=O)C1CCN(c2nc3ccc(-c4cccnc4)nc3s2)CC1. The van der Waals surface area contributed by atoms with Crippen LogP contribution in [0.4, 0.5) is 5.13 Å². The molecule has 3 aromatic heterocycles. The van der Waals surface area contributed by atoms with Crippen LogP contribution in [0.5, 0.6) is 0 Å². The fourth-order valence-corrected chi connectivity index (χ4v) is 4.72. The Morgan fingerprint density at radius 3 is 2.64 bits per heavy atom. The van der Waals surface area contributed by atoms with Gasteiger partial charge in [-0.05, 0) is 51.0 Å². The van der Waals surface area contributed by atoms with Crippen LogP contribution in [0.1, 0.15) is 26.7 Å². The maximum absolute atomic E-state index is 12.6. The molecule has 0 bridgehead atoms. The zero-order chi connectivity index (χ0) is 19.5. The molecule has 4 heterocycles. The van der Waals surface area contributed by atoms with E-state index in [1.54, 1.807) is 17.5 Å². The molecular formula is C21H25N5OS. The normalized spacial score (nSPS) is 15.1. The average molecular weight is 396 g/mol. The zero-order valence-electron chi connectivity index (χ0n) is 16.3. The number of hydrogen-bond donors (Lipinski definition) is 0. The summed E-state index contributed by atoms with van der Waals surface area (Å²) in [6.07, 6.45) is 5.37. The average Bonchev–Trinajstić information content (AvgIpc) is 3.18. The van der Waals surface area contributed by atoms with Crippen LogP contribution in [-0.4, -0.2) is 51.9 Å². The highest BCUT2D eigenvalue weighted by molar-refractivity contribution is 7.21. The molecule has 1 aliphatic rings. The van der Waals surface area contributed by atoms with E-state index in [0.29, 0.717) is 5.91 Å². The second-order valence-corrected chi connectivity index (χ2v) is 7.99. The summed E-state index contributed by atoms with van der Waals surface area (Å²) in [5.41, 5.74) is 2.85. The molecule has 0 saturated carbocycles. The van der Waals surface area contributed by atoms with Gasteiger partial charge >= 0.3 is 0 Å². The lowest BCUT2D eigenvalue weighted by Gasteiger charge is -2.33. The minimum atomic E-state index is 0.140. The molecule has 0 aromatic carbocycles. The predicted molar refractivity (Wildman–Crippen MR) is 114 cm³/mol. The number of nitrogens with zero attached hydrogens (tertiary/aromatic N) is 5. The minimum absolute atomic E-state index is 0.140. The highest BCUT2D eigenvalue weighted by atomic mass is 32.1.